The summed E-state index contributed by atoms with van der Waals surface area (Å²) in [6.45, 7) is 1.75. The van der Waals surface area contributed by atoms with Crippen molar-refractivity contribution in [1.82, 2.24) is 0 Å². The number of hydrogen-bond donors (Lipinski definition) is 0. The van der Waals surface area contributed by atoms with Crippen molar-refractivity contribution in [3.8, 4) is 0 Å². The summed E-state index contributed by atoms with van der Waals surface area (Å²) in [5.74, 6) is -2.06. The molecule has 3 atom stereocenters. The summed E-state index contributed by atoms with van der Waals surface area (Å²) >= 11 is 0. The molecule has 1 aliphatic rings. The Hall–Kier alpha value is -1.93. The van der Waals surface area contributed by atoms with E-state index in [1.807, 2.05) is 0 Å². The first-order valence-electron chi connectivity index (χ1n) is 6.13. The van der Waals surface area contributed by atoms with Crippen LogP contribution in [0.4, 0.5) is 4.39 Å². The first-order chi connectivity index (χ1) is 9.71. The zero-order valence-electron chi connectivity index (χ0n) is 12.0. The van der Waals surface area contributed by atoms with Gasteiger partial charge in [0.05, 0.1) is 0 Å². The second-order valence-electron chi connectivity index (χ2n) is 4.61. The van der Waals surface area contributed by atoms with Crippen molar-refractivity contribution >= 4 is 31.0 Å². The minimum absolute atomic E-state index is 0.0822. The van der Waals surface area contributed by atoms with Crippen LogP contribution in [0.2, 0.25) is 0 Å². The van der Waals surface area contributed by atoms with E-state index >= 15 is 0 Å². The molecule has 7 nitrogen and oxygen atoms in total. The third-order valence-electron chi connectivity index (χ3n) is 2.78. The van der Waals surface area contributed by atoms with E-state index in [2.05, 4.69) is 7.49 Å². The molecule has 0 N–H and O–H groups in total. The molecule has 116 valence electrons. The third kappa shape index (κ3) is 4.02. The van der Waals surface area contributed by atoms with Gasteiger partial charge in [-0.1, -0.05) is 0 Å². The van der Waals surface area contributed by atoms with Gasteiger partial charge in [0.15, 0.2) is 0 Å². The monoisotopic (exact) mass is 302 g/mol. The Morgan fingerprint density at radius 3 is 2.19 bits per heavy atom. The summed E-state index contributed by atoms with van der Waals surface area (Å²) in [5, 5.41) is 0. The molecule has 0 spiro atoms. The number of carbonyl (C=O) groups excluding carboxylic acids is 3. The van der Waals surface area contributed by atoms with Crippen molar-refractivity contribution in [3.63, 3.8) is 0 Å². The molecule has 0 aromatic rings. The molecular formula is C12H16BFO7. The van der Waals surface area contributed by atoms with E-state index < -0.39 is 49.0 Å². The Morgan fingerprint density at radius 2 is 1.76 bits per heavy atom. The summed E-state index contributed by atoms with van der Waals surface area (Å²) in [7, 11) is 3.52. The Morgan fingerprint density at radius 1 is 1.19 bits per heavy atom. The van der Waals surface area contributed by atoms with Crippen molar-refractivity contribution in [3.05, 3.63) is 0 Å². The predicted octanol–water partition coefficient (Wildman–Crippen LogP) is -0.818. The van der Waals surface area contributed by atoms with Gasteiger partial charge in [0, 0.05) is 0 Å². The fourth-order valence-corrected chi connectivity index (χ4v) is 1.95. The molecule has 0 bridgehead atoms. The number of halogens is 1. The Bertz CT molecular complexity index is 467. The number of esters is 3. The van der Waals surface area contributed by atoms with Gasteiger partial charge >= 0.3 is 121 Å². The average molecular weight is 302 g/mol. The fourth-order valence-electron chi connectivity index (χ4n) is 1.95. The minimum atomic E-state index is -1.78. The van der Waals surface area contributed by atoms with Crippen LogP contribution in [0, 0.1) is 0 Å². The zero-order valence-corrected chi connectivity index (χ0v) is 12.0. The number of alkyl halides is 1. The van der Waals surface area contributed by atoms with E-state index in [0.717, 1.165) is 20.8 Å². The van der Waals surface area contributed by atoms with Crippen LogP contribution >= 0.6 is 0 Å². The standard InChI is InChI=1S/C12H16BFO7/c1-6(15)18-5-12(4-14)10(20-8(3)17)9(11(13)21-12)19-7(2)16/h9-10,13H,4-5H2,1-3H3/t9-,10+,12-/m1/s1. The summed E-state index contributed by atoms with van der Waals surface area (Å²) in [4.78, 5) is 33.2. The molecule has 1 fully saturated rings. The maximum absolute atomic E-state index is 13.5. The van der Waals surface area contributed by atoms with E-state index in [-0.39, 0.29) is 5.65 Å². The quantitative estimate of drug-likeness (QED) is 0.372. The molecule has 1 aliphatic heterocycles. The second-order valence-corrected chi connectivity index (χ2v) is 4.61. The summed E-state index contributed by atoms with van der Waals surface area (Å²) < 4.78 is 33.5. The summed E-state index contributed by atoms with van der Waals surface area (Å²) in [6, 6.07) is 0. The van der Waals surface area contributed by atoms with Gasteiger partial charge in [0.2, 0.25) is 0 Å². The van der Waals surface area contributed by atoms with Gasteiger partial charge in [-0.2, -0.15) is 0 Å². The molecule has 0 saturated carbocycles. The van der Waals surface area contributed by atoms with E-state index in [0.29, 0.717) is 0 Å². The topological polar surface area (TPSA) is 88.1 Å². The molecule has 0 unspecified atom stereocenters. The van der Waals surface area contributed by atoms with Gasteiger partial charge in [-0.3, -0.25) is 0 Å². The van der Waals surface area contributed by atoms with Crippen molar-refractivity contribution in [1.29, 1.82) is 0 Å². The van der Waals surface area contributed by atoms with Crippen LogP contribution in [0.5, 0.6) is 0 Å². The van der Waals surface area contributed by atoms with Crippen LogP contribution in [-0.4, -0.2) is 62.1 Å². The number of rotatable bonds is 5. The SMILES string of the molecule is B=C1O[C@](CF)(COC(C)=O)[C@@H](OC(C)=O)[C@H]1OC(C)=O. The predicted molar refractivity (Wildman–Crippen MR) is 69.7 cm³/mol. The van der Waals surface area contributed by atoms with Crippen LogP contribution in [0.15, 0.2) is 0 Å². The molecule has 1 rings (SSSR count). The maximum atomic E-state index is 13.5. The van der Waals surface area contributed by atoms with Gasteiger partial charge in [0.25, 0.3) is 0 Å². The van der Waals surface area contributed by atoms with Crippen LogP contribution < -0.4 is 0 Å². The Kier molecular flexibility index (Phi) is 5.45. The van der Waals surface area contributed by atoms with Gasteiger partial charge in [-0.05, 0) is 0 Å². The van der Waals surface area contributed by atoms with Gasteiger partial charge in [-0.15, -0.1) is 0 Å². The average Bonchev–Trinajstić information content (AvgIpc) is 2.61. The molecule has 0 aromatic heterocycles. The van der Waals surface area contributed by atoms with E-state index in [4.69, 9.17) is 18.9 Å². The Labute approximate surface area is 121 Å². The van der Waals surface area contributed by atoms with Gasteiger partial charge < -0.3 is 0 Å². The third-order valence-corrected chi connectivity index (χ3v) is 2.78. The molecule has 1 saturated heterocycles. The van der Waals surface area contributed by atoms with Gasteiger partial charge in [0.1, 0.15) is 0 Å². The molecule has 0 aliphatic carbocycles. The zero-order chi connectivity index (χ0) is 16.2. The number of ether oxygens (including phenoxy) is 4. The van der Waals surface area contributed by atoms with Crippen molar-refractivity contribution < 1.29 is 37.7 Å². The molecule has 0 amide bonds. The van der Waals surface area contributed by atoms with Crippen molar-refractivity contribution in [2.75, 3.05) is 13.3 Å². The van der Waals surface area contributed by atoms with Gasteiger partial charge in [-0.25, -0.2) is 0 Å². The van der Waals surface area contributed by atoms with Crippen LogP contribution in [0.1, 0.15) is 20.8 Å². The van der Waals surface area contributed by atoms with Crippen LogP contribution in [-0.2, 0) is 33.3 Å². The van der Waals surface area contributed by atoms with Crippen LogP contribution in [0.3, 0.4) is 0 Å². The number of hydrogen-bond acceptors (Lipinski definition) is 7. The normalized spacial score (nSPS) is 27.7. The Balaban J connectivity index is 3.08. The molecule has 9 heteroatoms. The first-order valence-corrected chi connectivity index (χ1v) is 6.13. The molecule has 0 aromatic carbocycles. The molecular weight excluding hydrogens is 286 g/mol. The van der Waals surface area contributed by atoms with E-state index in [1.165, 1.54) is 0 Å². The first kappa shape index (κ1) is 17.1. The molecule has 0 radical (unpaired) electrons. The summed E-state index contributed by atoms with van der Waals surface area (Å²) in [6.07, 6.45) is -2.46. The summed E-state index contributed by atoms with van der Waals surface area (Å²) in [5.41, 5.74) is -1.87. The van der Waals surface area contributed by atoms with E-state index in [1.54, 1.807) is 0 Å². The molecule has 1 heterocycles. The number of carbonyl (C=O) groups is 3. The fraction of sp³-hybridized carbons (Fsp3) is 0.667. The molecule has 21 heavy (non-hydrogen) atoms. The van der Waals surface area contributed by atoms with Crippen molar-refractivity contribution in [2.24, 2.45) is 0 Å². The second kappa shape index (κ2) is 6.69. The van der Waals surface area contributed by atoms with Crippen LogP contribution in [0.25, 0.3) is 0 Å². The van der Waals surface area contributed by atoms with E-state index in [9.17, 15) is 18.8 Å². The van der Waals surface area contributed by atoms with Crippen molar-refractivity contribution in [2.45, 2.75) is 38.6 Å².